The predicted molar refractivity (Wildman–Crippen MR) is 102 cm³/mol. The van der Waals surface area contributed by atoms with Crippen molar-refractivity contribution in [3.05, 3.63) is 40.5 Å². The number of Topliss-reactive ketones (excluding diaryl/α,β-unsaturated/α-hetero) is 1. The van der Waals surface area contributed by atoms with Gasteiger partial charge >= 0.3 is 0 Å². The fourth-order valence-electron chi connectivity index (χ4n) is 3.39. The number of imidazole rings is 1. The monoisotopic (exact) mass is 390 g/mol. The minimum absolute atomic E-state index is 0.109. The Morgan fingerprint density at radius 2 is 2.00 bits per heavy atom. The van der Waals surface area contributed by atoms with Gasteiger partial charge in [-0.15, -0.1) is 0 Å². The van der Waals surface area contributed by atoms with Crippen LogP contribution in [0.25, 0.3) is 16.2 Å². The van der Waals surface area contributed by atoms with Crippen molar-refractivity contribution in [2.75, 3.05) is 0 Å². The summed E-state index contributed by atoms with van der Waals surface area (Å²) in [7, 11) is 6.91. The fraction of sp³-hybridized carbons (Fsp3) is 0.278. The van der Waals surface area contributed by atoms with Gasteiger partial charge in [-0.25, -0.2) is 4.98 Å². The van der Waals surface area contributed by atoms with E-state index in [4.69, 9.17) is 10.7 Å². The van der Waals surface area contributed by atoms with Gasteiger partial charge in [-0.2, -0.15) is 0 Å². The average molecular weight is 391 g/mol. The summed E-state index contributed by atoms with van der Waals surface area (Å²) in [6.45, 7) is 4.16. The first-order chi connectivity index (χ1) is 11.9. The molecular formula is C18H15ClN2O2S2. The predicted octanol–water partition coefficient (Wildman–Crippen LogP) is 5.28. The summed E-state index contributed by atoms with van der Waals surface area (Å²) in [5.41, 5.74) is 2.81. The van der Waals surface area contributed by atoms with Crippen LogP contribution in [0.5, 0.6) is 0 Å². The van der Waals surface area contributed by atoms with Crippen LogP contribution in [0.15, 0.2) is 29.2 Å². The summed E-state index contributed by atoms with van der Waals surface area (Å²) in [6, 6.07) is 7.62. The maximum Gasteiger partial charge on any atom is 0.195 e. The minimum Gasteiger partial charge on any atom is -0.296 e. The largest absolute Gasteiger partial charge is 0.296 e. The smallest absolute Gasteiger partial charge is 0.195 e. The average Bonchev–Trinajstić information content (AvgIpc) is 3.10. The number of aldehydes is 1. The number of fused-ring (bicyclic) bond motifs is 3. The Hall–Kier alpha value is -1.63. The van der Waals surface area contributed by atoms with Crippen molar-refractivity contribution in [2.24, 2.45) is 5.41 Å². The molecule has 0 fully saturated rings. The molecule has 3 aromatic rings. The third-order valence-corrected chi connectivity index (χ3v) is 6.58. The Balaban J connectivity index is 1.92. The highest BCUT2D eigenvalue weighted by molar-refractivity contribution is 8.21. The van der Waals surface area contributed by atoms with Gasteiger partial charge in [0.05, 0.1) is 4.88 Å². The first-order valence-corrected chi connectivity index (χ1v) is 10.3. The van der Waals surface area contributed by atoms with Gasteiger partial charge in [-0.05, 0) is 45.6 Å². The molecule has 2 heterocycles. The molecule has 0 N–H and O–H groups in total. The molecule has 0 amide bonds. The van der Waals surface area contributed by atoms with Gasteiger partial charge in [0.1, 0.15) is 11.4 Å². The topological polar surface area (TPSA) is 51.4 Å². The zero-order valence-electron chi connectivity index (χ0n) is 13.7. The molecule has 25 heavy (non-hydrogen) atoms. The van der Waals surface area contributed by atoms with Crippen LogP contribution in [-0.2, 0) is 6.42 Å². The highest BCUT2D eigenvalue weighted by atomic mass is 35.7. The minimum atomic E-state index is -0.109. The van der Waals surface area contributed by atoms with Gasteiger partial charge in [0.25, 0.3) is 0 Å². The van der Waals surface area contributed by atoms with Crippen molar-refractivity contribution in [2.45, 2.75) is 31.6 Å². The molecule has 2 aromatic heterocycles. The van der Waals surface area contributed by atoms with Crippen molar-refractivity contribution in [3.8, 4) is 11.3 Å². The Bertz CT molecular complexity index is 1000. The summed E-state index contributed by atoms with van der Waals surface area (Å²) in [4.78, 5) is 31.3. The summed E-state index contributed by atoms with van der Waals surface area (Å²) in [5, 5.41) is 0. The molecule has 0 unspecified atom stereocenters. The van der Waals surface area contributed by atoms with Gasteiger partial charge in [0.15, 0.2) is 17.0 Å². The van der Waals surface area contributed by atoms with Crippen LogP contribution in [0.2, 0.25) is 0 Å². The molecule has 4 rings (SSSR count). The van der Waals surface area contributed by atoms with Crippen molar-refractivity contribution in [1.29, 1.82) is 0 Å². The van der Waals surface area contributed by atoms with Crippen LogP contribution in [0.4, 0.5) is 0 Å². The number of benzene rings is 1. The maximum atomic E-state index is 12.5. The first kappa shape index (κ1) is 16.8. The lowest BCUT2D eigenvalue weighted by atomic mass is 9.78. The zero-order chi connectivity index (χ0) is 17.8. The van der Waals surface area contributed by atoms with Crippen LogP contribution < -0.4 is 0 Å². The number of hydrogen-bond acceptors (Lipinski definition) is 5. The highest BCUT2D eigenvalue weighted by Crippen LogP contribution is 2.40. The molecule has 0 aliphatic heterocycles. The van der Waals surface area contributed by atoms with Crippen LogP contribution in [0.1, 0.15) is 46.1 Å². The molecule has 128 valence electrons. The lowest BCUT2D eigenvalue weighted by Gasteiger charge is -2.28. The number of ketones is 1. The van der Waals surface area contributed by atoms with Gasteiger partial charge in [0, 0.05) is 22.6 Å². The van der Waals surface area contributed by atoms with E-state index in [1.54, 1.807) is 0 Å². The third-order valence-electron chi connectivity index (χ3n) is 4.47. The van der Waals surface area contributed by atoms with Gasteiger partial charge in [-0.3, -0.25) is 14.0 Å². The van der Waals surface area contributed by atoms with E-state index in [1.807, 2.05) is 28.7 Å². The van der Waals surface area contributed by atoms with Crippen LogP contribution >= 0.6 is 33.0 Å². The molecule has 0 atom stereocenters. The molecule has 7 heteroatoms. The number of halogens is 1. The molecule has 0 spiro atoms. The maximum absolute atomic E-state index is 12.5. The molecule has 1 aliphatic carbocycles. The van der Waals surface area contributed by atoms with E-state index in [2.05, 4.69) is 18.8 Å². The Morgan fingerprint density at radius 3 is 2.64 bits per heavy atom. The molecule has 0 saturated heterocycles. The van der Waals surface area contributed by atoms with E-state index in [0.717, 1.165) is 44.7 Å². The van der Waals surface area contributed by atoms with Gasteiger partial charge in [-0.1, -0.05) is 37.3 Å². The van der Waals surface area contributed by atoms with E-state index < -0.39 is 0 Å². The van der Waals surface area contributed by atoms with Crippen LogP contribution in [0.3, 0.4) is 0 Å². The van der Waals surface area contributed by atoms with Gasteiger partial charge in [0.2, 0.25) is 0 Å². The summed E-state index contributed by atoms with van der Waals surface area (Å²) in [5.74, 6) is 0.142. The summed E-state index contributed by atoms with van der Waals surface area (Å²) < 4.78 is 1.87. The second-order valence-corrected chi connectivity index (χ2v) is 9.07. The van der Waals surface area contributed by atoms with Crippen molar-refractivity contribution in [3.63, 3.8) is 0 Å². The number of nitrogens with zero attached hydrogens (tertiary/aromatic N) is 2. The standard InChI is InChI=1S/C18H15ClN2O2S2/c1-18(2)7-12-16(14(23)8-18)24-17-20-15(13(9-22)21(12)17)10-3-5-11(25-19)6-4-10/h3-6,9H,7-8H2,1-2H3. The Labute approximate surface area is 157 Å². The molecule has 4 nitrogen and oxygen atoms in total. The SMILES string of the molecule is CC1(C)CC(=O)c2sc3nc(-c4ccc(SCl)cc4)c(C=O)n3c2C1. The first-order valence-electron chi connectivity index (χ1n) is 7.85. The van der Waals surface area contributed by atoms with Crippen LogP contribution in [0, 0.1) is 5.41 Å². The summed E-state index contributed by atoms with van der Waals surface area (Å²) >= 11 is 1.38. The molecule has 0 saturated carbocycles. The zero-order valence-corrected chi connectivity index (χ0v) is 16.1. The Kier molecular flexibility index (Phi) is 4.02. The van der Waals surface area contributed by atoms with E-state index in [9.17, 15) is 9.59 Å². The number of rotatable bonds is 3. The highest BCUT2D eigenvalue weighted by Gasteiger charge is 2.35. The number of hydrogen-bond donors (Lipinski definition) is 0. The number of aromatic nitrogens is 2. The summed E-state index contributed by atoms with van der Waals surface area (Å²) in [6.07, 6.45) is 2.12. The molecule has 0 radical (unpaired) electrons. The lowest BCUT2D eigenvalue weighted by Crippen LogP contribution is -2.27. The van der Waals surface area contributed by atoms with E-state index in [-0.39, 0.29) is 11.2 Å². The quantitative estimate of drug-likeness (QED) is 0.571. The third kappa shape index (κ3) is 2.72. The number of carbonyl (C=O) groups is 2. The van der Waals surface area contributed by atoms with Crippen LogP contribution in [-0.4, -0.2) is 21.5 Å². The van der Waals surface area contributed by atoms with Gasteiger partial charge < -0.3 is 0 Å². The fourth-order valence-corrected chi connectivity index (χ4v) is 5.02. The molecule has 1 aromatic carbocycles. The second-order valence-electron chi connectivity index (χ2n) is 7.00. The van der Waals surface area contributed by atoms with Crippen molar-refractivity contribution >= 4 is 50.0 Å². The normalized spacial score (nSPS) is 16.2. The lowest BCUT2D eigenvalue weighted by molar-refractivity contribution is 0.0914. The van der Waals surface area contributed by atoms with E-state index in [0.29, 0.717) is 22.8 Å². The van der Waals surface area contributed by atoms with E-state index in [1.165, 1.54) is 11.3 Å². The van der Waals surface area contributed by atoms with E-state index >= 15 is 0 Å². The Morgan fingerprint density at radius 1 is 1.28 bits per heavy atom. The van der Waals surface area contributed by atoms with Crippen molar-refractivity contribution < 1.29 is 9.59 Å². The van der Waals surface area contributed by atoms with Crippen molar-refractivity contribution in [1.82, 2.24) is 9.38 Å². The molecule has 0 bridgehead atoms. The number of carbonyl (C=O) groups excluding carboxylic acids is 2. The molecule has 1 aliphatic rings. The second kappa shape index (κ2) is 5.97. The number of thiazole rings is 1. The molecular weight excluding hydrogens is 376 g/mol.